The van der Waals surface area contributed by atoms with Crippen molar-refractivity contribution in [3.63, 3.8) is 0 Å². The van der Waals surface area contributed by atoms with Crippen molar-refractivity contribution in [3.8, 4) is 18.2 Å². The number of allylic oxidation sites excluding steroid dienone is 2. The standard InChI is InChI=1S/C11H3Cl2IN4/c12-8-1-7(14)2-9(13)11(8)18-10(5-17)6(3-15)4-16/h1-2,18H. The monoisotopic (exact) mass is 388 g/mol. The minimum atomic E-state index is -0.330. The summed E-state index contributed by atoms with van der Waals surface area (Å²) in [6.07, 6.45) is 0. The van der Waals surface area contributed by atoms with Gasteiger partial charge in [0.25, 0.3) is 0 Å². The van der Waals surface area contributed by atoms with Gasteiger partial charge < -0.3 is 5.32 Å². The number of nitrogens with zero attached hydrogens (tertiary/aromatic N) is 3. The van der Waals surface area contributed by atoms with Crippen LogP contribution >= 0.6 is 45.8 Å². The second-order valence-electron chi connectivity index (χ2n) is 2.95. The number of nitrogens with one attached hydrogen (secondary N) is 1. The van der Waals surface area contributed by atoms with E-state index in [0.717, 1.165) is 3.57 Å². The van der Waals surface area contributed by atoms with Crippen LogP contribution in [0.1, 0.15) is 0 Å². The van der Waals surface area contributed by atoms with Crippen LogP contribution in [0.2, 0.25) is 10.0 Å². The number of hydrogen-bond donors (Lipinski definition) is 1. The van der Waals surface area contributed by atoms with E-state index in [0.29, 0.717) is 15.7 Å². The summed E-state index contributed by atoms with van der Waals surface area (Å²) in [4.78, 5) is 0. The molecule has 0 spiro atoms. The van der Waals surface area contributed by atoms with Gasteiger partial charge in [0.05, 0.1) is 15.7 Å². The third-order valence-corrected chi connectivity index (χ3v) is 3.06. The SMILES string of the molecule is N#CC(C#N)=C(C#N)Nc1c(Cl)cc(I)cc1Cl. The van der Waals surface area contributed by atoms with Gasteiger partial charge in [-0.05, 0) is 34.7 Å². The summed E-state index contributed by atoms with van der Waals surface area (Å²) in [5, 5.41) is 29.5. The van der Waals surface area contributed by atoms with Crippen LogP contribution in [-0.2, 0) is 0 Å². The zero-order chi connectivity index (χ0) is 13.7. The Morgan fingerprint density at radius 3 is 1.94 bits per heavy atom. The first-order valence-corrected chi connectivity index (χ1v) is 6.23. The van der Waals surface area contributed by atoms with Gasteiger partial charge in [0.15, 0.2) is 5.57 Å². The largest absolute Gasteiger partial charge is 0.343 e. The summed E-state index contributed by atoms with van der Waals surface area (Å²) < 4.78 is 0.830. The molecule has 0 atom stereocenters. The molecule has 0 aromatic heterocycles. The number of hydrogen-bond acceptors (Lipinski definition) is 4. The molecule has 0 aliphatic rings. The van der Waals surface area contributed by atoms with Crippen LogP contribution < -0.4 is 5.32 Å². The average Bonchev–Trinajstić information content (AvgIpc) is 2.32. The van der Waals surface area contributed by atoms with E-state index in [1.54, 1.807) is 30.3 Å². The fraction of sp³-hybridized carbons (Fsp3) is 0. The first kappa shape index (κ1) is 14.6. The van der Waals surface area contributed by atoms with Crippen LogP contribution in [0.15, 0.2) is 23.4 Å². The highest BCUT2D eigenvalue weighted by Crippen LogP contribution is 2.33. The Kier molecular flexibility index (Phi) is 5.25. The van der Waals surface area contributed by atoms with Gasteiger partial charge in [0.1, 0.15) is 23.9 Å². The highest BCUT2D eigenvalue weighted by molar-refractivity contribution is 14.1. The minimum Gasteiger partial charge on any atom is -0.343 e. The Labute approximate surface area is 127 Å². The molecule has 7 heteroatoms. The highest BCUT2D eigenvalue weighted by atomic mass is 127. The molecule has 0 bridgehead atoms. The molecule has 0 aliphatic carbocycles. The first-order valence-electron chi connectivity index (χ1n) is 4.39. The van der Waals surface area contributed by atoms with Crippen molar-refractivity contribution in [2.45, 2.75) is 0 Å². The topological polar surface area (TPSA) is 83.4 Å². The predicted octanol–water partition coefficient (Wildman–Crippen LogP) is 3.83. The van der Waals surface area contributed by atoms with Crippen LogP contribution in [-0.4, -0.2) is 0 Å². The Hall–Kier alpha value is -1.46. The average molecular weight is 389 g/mol. The molecule has 1 rings (SSSR count). The first-order chi connectivity index (χ1) is 8.53. The van der Waals surface area contributed by atoms with Gasteiger partial charge in [-0.2, -0.15) is 15.8 Å². The predicted molar refractivity (Wildman–Crippen MR) is 76.7 cm³/mol. The van der Waals surface area contributed by atoms with E-state index in [1.807, 2.05) is 22.6 Å². The van der Waals surface area contributed by atoms with Crippen molar-refractivity contribution in [1.82, 2.24) is 0 Å². The molecule has 0 aliphatic heterocycles. The summed E-state index contributed by atoms with van der Waals surface area (Å²) in [5.74, 6) is 0. The lowest BCUT2D eigenvalue weighted by Crippen LogP contribution is -2.02. The van der Waals surface area contributed by atoms with Gasteiger partial charge in [-0.3, -0.25) is 0 Å². The molecule has 0 fully saturated rings. The fourth-order valence-corrected chi connectivity index (χ4v) is 2.64. The van der Waals surface area contributed by atoms with Gasteiger partial charge in [-0.25, -0.2) is 0 Å². The Morgan fingerprint density at radius 1 is 1.06 bits per heavy atom. The molecule has 88 valence electrons. The summed E-state index contributed by atoms with van der Waals surface area (Å²) in [5.41, 5.74) is -0.230. The normalized spacial score (nSPS) is 8.67. The molecule has 0 amide bonds. The molecule has 0 unspecified atom stereocenters. The van der Waals surface area contributed by atoms with Gasteiger partial charge in [-0.15, -0.1) is 0 Å². The van der Waals surface area contributed by atoms with Crippen LogP contribution in [0.25, 0.3) is 0 Å². The maximum Gasteiger partial charge on any atom is 0.163 e. The number of nitriles is 3. The van der Waals surface area contributed by atoms with Crippen LogP contribution in [0, 0.1) is 37.6 Å². The van der Waals surface area contributed by atoms with Crippen molar-refractivity contribution < 1.29 is 0 Å². The summed E-state index contributed by atoms with van der Waals surface area (Å²) in [7, 11) is 0. The maximum absolute atomic E-state index is 8.90. The van der Waals surface area contributed by atoms with Crippen molar-refractivity contribution >= 4 is 51.5 Å². The minimum absolute atomic E-state index is 0.190. The fourth-order valence-electron chi connectivity index (χ4n) is 1.07. The van der Waals surface area contributed by atoms with E-state index in [1.165, 1.54) is 0 Å². The number of rotatable bonds is 2. The smallest absolute Gasteiger partial charge is 0.163 e. The number of anilines is 1. The Balaban J connectivity index is 3.30. The maximum atomic E-state index is 8.90. The van der Waals surface area contributed by atoms with Gasteiger partial charge in [0.2, 0.25) is 0 Å². The molecular formula is C11H3Cl2IN4. The van der Waals surface area contributed by atoms with Gasteiger partial charge >= 0.3 is 0 Å². The van der Waals surface area contributed by atoms with E-state index in [4.69, 9.17) is 39.0 Å². The van der Waals surface area contributed by atoms with Crippen LogP contribution in [0.5, 0.6) is 0 Å². The molecular weight excluding hydrogens is 386 g/mol. The van der Waals surface area contributed by atoms with Crippen LogP contribution in [0.4, 0.5) is 5.69 Å². The lowest BCUT2D eigenvalue weighted by atomic mass is 10.2. The third-order valence-electron chi connectivity index (χ3n) is 1.84. The summed E-state index contributed by atoms with van der Waals surface area (Å²) in [6, 6.07) is 8.25. The lowest BCUT2D eigenvalue weighted by molar-refractivity contribution is 1.37. The van der Waals surface area contributed by atoms with E-state index in [2.05, 4.69) is 5.32 Å². The van der Waals surface area contributed by atoms with E-state index >= 15 is 0 Å². The Bertz CT molecular complexity index is 607. The molecule has 18 heavy (non-hydrogen) atoms. The molecule has 1 aromatic carbocycles. The second kappa shape index (κ2) is 6.47. The zero-order valence-electron chi connectivity index (χ0n) is 8.63. The summed E-state index contributed by atoms with van der Waals surface area (Å²) >= 11 is 14.0. The summed E-state index contributed by atoms with van der Waals surface area (Å²) in [6.45, 7) is 0. The van der Waals surface area contributed by atoms with E-state index in [-0.39, 0.29) is 11.3 Å². The molecule has 1 N–H and O–H groups in total. The molecule has 0 heterocycles. The number of halogens is 3. The van der Waals surface area contributed by atoms with Gasteiger partial charge in [0, 0.05) is 3.57 Å². The number of benzene rings is 1. The van der Waals surface area contributed by atoms with Gasteiger partial charge in [-0.1, -0.05) is 23.2 Å². The molecule has 0 saturated heterocycles. The molecule has 1 aromatic rings. The Morgan fingerprint density at radius 2 is 1.56 bits per heavy atom. The molecule has 0 saturated carbocycles. The van der Waals surface area contributed by atoms with Crippen LogP contribution in [0.3, 0.4) is 0 Å². The van der Waals surface area contributed by atoms with Crippen molar-refractivity contribution in [3.05, 3.63) is 37.0 Å². The van der Waals surface area contributed by atoms with Crippen molar-refractivity contribution in [1.29, 1.82) is 15.8 Å². The lowest BCUT2D eigenvalue weighted by Gasteiger charge is -2.09. The van der Waals surface area contributed by atoms with E-state index in [9.17, 15) is 0 Å². The van der Waals surface area contributed by atoms with E-state index < -0.39 is 0 Å². The quantitative estimate of drug-likeness (QED) is 0.616. The van der Waals surface area contributed by atoms with Crippen molar-refractivity contribution in [2.24, 2.45) is 0 Å². The van der Waals surface area contributed by atoms with Crippen molar-refractivity contribution in [2.75, 3.05) is 5.32 Å². The zero-order valence-corrected chi connectivity index (χ0v) is 12.3. The third kappa shape index (κ3) is 3.27. The second-order valence-corrected chi connectivity index (χ2v) is 5.01. The molecule has 0 radical (unpaired) electrons. The molecule has 4 nitrogen and oxygen atoms in total. The highest BCUT2D eigenvalue weighted by Gasteiger charge is 2.12.